The number of halogens is 1. The van der Waals surface area contributed by atoms with Gasteiger partial charge >= 0.3 is 5.97 Å². The molecular weight excluding hydrogens is 267 g/mol. The molecule has 0 N–H and O–H groups in total. The van der Waals surface area contributed by atoms with Gasteiger partial charge in [0.15, 0.2) is 0 Å². The summed E-state index contributed by atoms with van der Waals surface area (Å²) in [7, 11) is 0. The molecule has 0 radical (unpaired) electrons. The van der Waals surface area contributed by atoms with Crippen molar-refractivity contribution < 1.29 is 18.8 Å². The number of anilines is 1. The van der Waals surface area contributed by atoms with Gasteiger partial charge in [-0.1, -0.05) is 0 Å². The number of rotatable bonds is 6. The van der Waals surface area contributed by atoms with Crippen molar-refractivity contribution in [2.75, 3.05) is 18.1 Å². The van der Waals surface area contributed by atoms with Crippen molar-refractivity contribution in [3.05, 3.63) is 34.1 Å². The summed E-state index contributed by atoms with van der Waals surface area (Å²) in [4.78, 5) is 23.3. The van der Waals surface area contributed by atoms with E-state index in [1.54, 1.807) is 11.8 Å². The van der Waals surface area contributed by atoms with Crippen LogP contribution in [-0.4, -0.2) is 30.1 Å². The van der Waals surface area contributed by atoms with Crippen LogP contribution in [-0.2, 0) is 9.53 Å². The van der Waals surface area contributed by atoms with Crippen molar-refractivity contribution in [1.82, 2.24) is 0 Å². The van der Waals surface area contributed by atoms with Crippen LogP contribution in [0.5, 0.6) is 0 Å². The molecule has 1 aromatic rings. The average molecular weight is 282 g/mol. The highest BCUT2D eigenvalue weighted by Gasteiger charge is 2.32. The molecule has 7 heteroatoms. The topological polar surface area (TPSA) is 72.7 Å². The summed E-state index contributed by atoms with van der Waals surface area (Å²) in [6.07, 6.45) is 1.76. The van der Waals surface area contributed by atoms with E-state index in [0.717, 1.165) is 18.9 Å². The van der Waals surface area contributed by atoms with Crippen LogP contribution in [0.1, 0.15) is 19.8 Å². The fraction of sp³-hybridized carbons (Fsp3) is 0.462. The van der Waals surface area contributed by atoms with Crippen LogP contribution in [0, 0.1) is 15.9 Å². The fourth-order valence-corrected chi connectivity index (χ4v) is 1.99. The lowest BCUT2D eigenvalue weighted by atomic mass is 10.2. The molecule has 0 heterocycles. The maximum absolute atomic E-state index is 13.5. The van der Waals surface area contributed by atoms with E-state index in [1.165, 1.54) is 12.1 Å². The van der Waals surface area contributed by atoms with Gasteiger partial charge in [-0.3, -0.25) is 14.9 Å². The number of ether oxygens (including phenoxy) is 1. The van der Waals surface area contributed by atoms with Gasteiger partial charge in [0.05, 0.1) is 17.6 Å². The quantitative estimate of drug-likeness (QED) is 0.454. The largest absolute Gasteiger partial charge is 0.465 e. The highest BCUT2D eigenvalue weighted by atomic mass is 19.1. The van der Waals surface area contributed by atoms with E-state index in [1.807, 2.05) is 0 Å². The molecule has 0 unspecified atom stereocenters. The molecule has 1 aliphatic rings. The summed E-state index contributed by atoms with van der Waals surface area (Å²) >= 11 is 0. The maximum Gasteiger partial charge on any atom is 0.325 e. The van der Waals surface area contributed by atoms with Crippen LogP contribution in [0.15, 0.2) is 18.2 Å². The lowest BCUT2D eigenvalue weighted by molar-refractivity contribution is -0.385. The van der Waals surface area contributed by atoms with Crippen molar-refractivity contribution in [3.8, 4) is 0 Å². The van der Waals surface area contributed by atoms with Crippen LogP contribution in [0.3, 0.4) is 0 Å². The third kappa shape index (κ3) is 3.43. The third-order valence-corrected chi connectivity index (χ3v) is 3.00. The third-order valence-electron chi connectivity index (χ3n) is 3.00. The van der Waals surface area contributed by atoms with Crippen molar-refractivity contribution in [1.29, 1.82) is 0 Å². The molecule has 1 aromatic carbocycles. The summed E-state index contributed by atoms with van der Waals surface area (Å²) in [6, 6.07) is 3.45. The van der Waals surface area contributed by atoms with E-state index < -0.39 is 16.7 Å². The number of carbonyl (C=O) groups excluding carboxylic acids is 1. The first-order valence-electron chi connectivity index (χ1n) is 6.38. The van der Waals surface area contributed by atoms with Gasteiger partial charge in [-0.25, -0.2) is 4.39 Å². The van der Waals surface area contributed by atoms with E-state index >= 15 is 0 Å². The predicted molar refractivity (Wildman–Crippen MR) is 70.1 cm³/mol. The monoisotopic (exact) mass is 282 g/mol. The number of carbonyl (C=O) groups is 1. The van der Waals surface area contributed by atoms with E-state index in [4.69, 9.17) is 4.74 Å². The molecule has 1 aliphatic carbocycles. The lowest BCUT2D eigenvalue weighted by Crippen LogP contribution is -2.33. The minimum absolute atomic E-state index is 0.0287. The number of esters is 1. The minimum atomic E-state index is -0.691. The number of nitro benzene ring substituents is 1. The van der Waals surface area contributed by atoms with E-state index in [0.29, 0.717) is 5.69 Å². The Kier molecular flexibility index (Phi) is 4.16. The standard InChI is InChI=1S/C13H15FN2O4/c1-2-20-13(17)8-15(10-3-4-10)11-5-9(14)6-12(7-11)16(18)19/h5-7,10H,2-4,8H2,1H3. The molecule has 0 bridgehead atoms. The highest BCUT2D eigenvalue weighted by Crippen LogP contribution is 2.33. The Morgan fingerprint density at radius 3 is 2.75 bits per heavy atom. The summed E-state index contributed by atoms with van der Waals surface area (Å²) in [5.41, 5.74) is 0.0155. The number of hydrogen-bond donors (Lipinski definition) is 0. The Morgan fingerprint density at radius 1 is 1.50 bits per heavy atom. The number of nitrogens with zero attached hydrogens (tertiary/aromatic N) is 2. The second-order valence-corrected chi connectivity index (χ2v) is 4.59. The van der Waals surface area contributed by atoms with Gasteiger partial charge < -0.3 is 9.64 Å². The Balaban J connectivity index is 2.25. The molecule has 0 atom stereocenters. The van der Waals surface area contributed by atoms with Crippen LogP contribution < -0.4 is 4.90 Å². The van der Waals surface area contributed by atoms with Crippen LogP contribution in [0.4, 0.5) is 15.8 Å². The van der Waals surface area contributed by atoms with Crippen molar-refractivity contribution >= 4 is 17.3 Å². The van der Waals surface area contributed by atoms with Crippen molar-refractivity contribution in [3.63, 3.8) is 0 Å². The van der Waals surface area contributed by atoms with Gasteiger partial charge in [0.1, 0.15) is 12.4 Å². The zero-order chi connectivity index (χ0) is 14.7. The molecule has 0 aromatic heterocycles. The zero-order valence-corrected chi connectivity index (χ0v) is 11.0. The van der Waals surface area contributed by atoms with Crippen LogP contribution >= 0.6 is 0 Å². The second kappa shape index (κ2) is 5.85. The molecule has 6 nitrogen and oxygen atoms in total. The van der Waals surface area contributed by atoms with Crippen LogP contribution in [0.2, 0.25) is 0 Å². The molecule has 108 valence electrons. The Labute approximate surface area is 115 Å². The molecule has 20 heavy (non-hydrogen) atoms. The fourth-order valence-electron chi connectivity index (χ4n) is 1.99. The Bertz CT molecular complexity index is 531. The average Bonchev–Trinajstić information content (AvgIpc) is 3.19. The molecule has 0 aliphatic heterocycles. The predicted octanol–water partition coefficient (Wildman–Crippen LogP) is 2.27. The summed E-state index contributed by atoms with van der Waals surface area (Å²) in [5.74, 6) is -1.12. The minimum Gasteiger partial charge on any atom is -0.465 e. The molecule has 0 spiro atoms. The van der Waals surface area contributed by atoms with Gasteiger partial charge in [0, 0.05) is 17.8 Å². The number of benzene rings is 1. The Hall–Kier alpha value is -2.18. The van der Waals surface area contributed by atoms with Gasteiger partial charge in [-0.05, 0) is 25.8 Å². The molecule has 2 rings (SSSR count). The molecular formula is C13H15FN2O4. The molecule has 0 saturated heterocycles. The molecule has 0 amide bonds. The van der Waals surface area contributed by atoms with E-state index in [9.17, 15) is 19.3 Å². The van der Waals surface area contributed by atoms with E-state index in [-0.39, 0.29) is 24.9 Å². The first kappa shape index (κ1) is 14.2. The first-order valence-corrected chi connectivity index (χ1v) is 6.38. The van der Waals surface area contributed by atoms with Crippen LogP contribution in [0.25, 0.3) is 0 Å². The number of hydrogen-bond acceptors (Lipinski definition) is 5. The number of non-ortho nitro benzene ring substituents is 1. The SMILES string of the molecule is CCOC(=O)CN(c1cc(F)cc([N+](=O)[O-])c1)C1CC1. The first-order chi connectivity index (χ1) is 9.51. The van der Waals surface area contributed by atoms with E-state index in [2.05, 4.69) is 0 Å². The van der Waals surface area contributed by atoms with Crippen molar-refractivity contribution in [2.24, 2.45) is 0 Å². The summed E-state index contributed by atoms with van der Waals surface area (Å²) in [6.45, 7) is 1.94. The summed E-state index contributed by atoms with van der Waals surface area (Å²) < 4.78 is 18.3. The van der Waals surface area contributed by atoms with Gasteiger partial charge in [-0.2, -0.15) is 0 Å². The van der Waals surface area contributed by atoms with Gasteiger partial charge in [0.25, 0.3) is 5.69 Å². The summed E-state index contributed by atoms with van der Waals surface area (Å²) in [5, 5.41) is 10.8. The highest BCUT2D eigenvalue weighted by molar-refractivity contribution is 5.76. The van der Waals surface area contributed by atoms with Crippen molar-refractivity contribution in [2.45, 2.75) is 25.8 Å². The van der Waals surface area contributed by atoms with Gasteiger partial charge in [0.2, 0.25) is 0 Å². The number of nitro groups is 1. The Morgan fingerprint density at radius 2 is 2.20 bits per heavy atom. The molecule has 1 saturated carbocycles. The smallest absolute Gasteiger partial charge is 0.325 e. The second-order valence-electron chi connectivity index (χ2n) is 4.59. The normalized spacial score (nSPS) is 13.9. The molecule has 1 fully saturated rings. The maximum atomic E-state index is 13.5. The van der Waals surface area contributed by atoms with Gasteiger partial charge in [-0.15, -0.1) is 0 Å². The lowest BCUT2D eigenvalue weighted by Gasteiger charge is -2.23. The zero-order valence-electron chi connectivity index (χ0n) is 11.0.